The van der Waals surface area contributed by atoms with Gasteiger partial charge in [0.15, 0.2) is 0 Å². The van der Waals surface area contributed by atoms with Gasteiger partial charge in [-0.3, -0.25) is 0 Å². The van der Waals surface area contributed by atoms with Crippen LogP contribution in [0.3, 0.4) is 0 Å². The lowest BCUT2D eigenvalue weighted by Crippen LogP contribution is -2.24. The maximum atomic E-state index is 13.6. The highest BCUT2D eigenvalue weighted by atomic mass is 35.5. The predicted octanol–water partition coefficient (Wildman–Crippen LogP) is 5.15. The van der Waals surface area contributed by atoms with Crippen molar-refractivity contribution in [2.45, 2.75) is 32.2 Å². The largest absolute Gasteiger partial charge is 0.310 e. The summed E-state index contributed by atoms with van der Waals surface area (Å²) in [6.45, 7) is 2.93. The van der Waals surface area contributed by atoms with E-state index in [1.54, 1.807) is 6.07 Å². The van der Waals surface area contributed by atoms with E-state index in [4.69, 9.17) is 11.6 Å². The zero-order valence-electron chi connectivity index (χ0n) is 12.3. The third kappa shape index (κ3) is 4.83. The Kier molecular flexibility index (Phi) is 6.21. The van der Waals surface area contributed by atoms with Crippen LogP contribution in [0.5, 0.6) is 0 Å². The molecule has 2 aromatic carbocycles. The monoisotopic (exact) mass is 305 g/mol. The summed E-state index contributed by atoms with van der Waals surface area (Å²) >= 11 is 5.93. The molecule has 1 N–H and O–H groups in total. The Morgan fingerprint density at radius 1 is 1.10 bits per heavy atom. The zero-order chi connectivity index (χ0) is 15.1. The summed E-state index contributed by atoms with van der Waals surface area (Å²) in [6.07, 6.45) is 2.85. The van der Waals surface area contributed by atoms with Crippen LogP contribution in [-0.2, 0) is 6.42 Å². The topological polar surface area (TPSA) is 12.0 Å². The highest BCUT2D eigenvalue weighted by Gasteiger charge is 2.10. The van der Waals surface area contributed by atoms with Gasteiger partial charge in [0, 0.05) is 11.1 Å². The SMILES string of the molecule is CCCC(NCCc1ccccc1F)c1ccc(Cl)cc1. The molecule has 1 unspecified atom stereocenters. The minimum absolute atomic E-state index is 0.127. The van der Waals surface area contributed by atoms with E-state index < -0.39 is 0 Å². The molecule has 3 heteroatoms. The molecule has 0 aliphatic rings. The first-order valence-electron chi connectivity index (χ1n) is 7.43. The number of rotatable bonds is 7. The van der Waals surface area contributed by atoms with Crippen molar-refractivity contribution in [3.8, 4) is 0 Å². The van der Waals surface area contributed by atoms with Gasteiger partial charge >= 0.3 is 0 Å². The molecule has 0 saturated carbocycles. The van der Waals surface area contributed by atoms with Crippen LogP contribution in [0.25, 0.3) is 0 Å². The van der Waals surface area contributed by atoms with Gasteiger partial charge in [0.05, 0.1) is 0 Å². The van der Waals surface area contributed by atoms with Crippen molar-refractivity contribution in [2.75, 3.05) is 6.54 Å². The molecule has 1 nitrogen and oxygen atoms in total. The predicted molar refractivity (Wildman–Crippen MR) is 87.2 cm³/mol. The first kappa shape index (κ1) is 16.0. The Morgan fingerprint density at radius 2 is 1.81 bits per heavy atom. The zero-order valence-corrected chi connectivity index (χ0v) is 13.0. The Morgan fingerprint density at radius 3 is 2.48 bits per heavy atom. The van der Waals surface area contributed by atoms with E-state index in [9.17, 15) is 4.39 Å². The first-order valence-corrected chi connectivity index (χ1v) is 7.80. The molecule has 0 aliphatic heterocycles. The van der Waals surface area contributed by atoms with E-state index >= 15 is 0 Å². The third-order valence-electron chi connectivity index (χ3n) is 3.59. The van der Waals surface area contributed by atoms with Gasteiger partial charge in [-0.2, -0.15) is 0 Å². The van der Waals surface area contributed by atoms with Crippen LogP contribution < -0.4 is 5.32 Å². The molecule has 0 fully saturated rings. The maximum Gasteiger partial charge on any atom is 0.126 e. The Balaban J connectivity index is 1.94. The van der Waals surface area contributed by atoms with Gasteiger partial charge in [0.25, 0.3) is 0 Å². The lowest BCUT2D eigenvalue weighted by molar-refractivity contribution is 0.493. The lowest BCUT2D eigenvalue weighted by atomic mass is 10.0. The Hall–Kier alpha value is -1.38. The van der Waals surface area contributed by atoms with Crippen LogP contribution in [-0.4, -0.2) is 6.54 Å². The van der Waals surface area contributed by atoms with Crippen molar-refractivity contribution in [2.24, 2.45) is 0 Å². The van der Waals surface area contributed by atoms with Crippen LogP contribution in [0, 0.1) is 5.82 Å². The number of benzene rings is 2. The summed E-state index contributed by atoms with van der Waals surface area (Å²) in [7, 11) is 0. The van der Waals surface area contributed by atoms with Gasteiger partial charge in [0.2, 0.25) is 0 Å². The Bertz CT molecular complexity index is 553. The van der Waals surface area contributed by atoms with Crippen LogP contribution in [0.15, 0.2) is 48.5 Å². The van der Waals surface area contributed by atoms with E-state index in [0.717, 1.165) is 30.0 Å². The number of halogens is 2. The van der Waals surface area contributed by atoms with Crippen LogP contribution in [0.2, 0.25) is 5.02 Å². The van der Waals surface area contributed by atoms with Gasteiger partial charge in [-0.25, -0.2) is 4.39 Å². The van der Waals surface area contributed by atoms with Crippen molar-refractivity contribution in [1.29, 1.82) is 0 Å². The average molecular weight is 306 g/mol. The summed E-state index contributed by atoms with van der Waals surface area (Å²) in [6, 6.07) is 15.2. The quantitative estimate of drug-likeness (QED) is 0.745. The first-order chi connectivity index (χ1) is 10.2. The molecule has 112 valence electrons. The van der Waals surface area contributed by atoms with E-state index in [-0.39, 0.29) is 5.82 Å². The molecule has 0 aromatic heterocycles. The second-order valence-corrected chi connectivity index (χ2v) is 5.62. The molecule has 21 heavy (non-hydrogen) atoms. The van der Waals surface area contributed by atoms with Crippen molar-refractivity contribution < 1.29 is 4.39 Å². The molecular weight excluding hydrogens is 285 g/mol. The molecular formula is C18H21ClFN. The summed E-state index contributed by atoms with van der Waals surface area (Å²) in [5.74, 6) is -0.127. The fourth-order valence-corrected chi connectivity index (χ4v) is 2.58. The van der Waals surface area contributed by atoms with E-state index in [1.165, 1.54) is 11.6 Å². The lowest BCUT2D eigenvalue weighted by Gasteiger charge is -2.19. The standard InChI is InChI=1S/C18H21ClFN/c1-2-5-18(15-8-10-16(19)11-9-15)21-13-12-14-6-3-4-7-17(14)20/h3-4,6-11,18,21H,2,5,12-13H2,1H3. The number of hydrogen-bond donors (Lipinski definition) is 1. The second-order valence-electron chi connectivity index (χ2n) is 5.19. The van der Waals surface area contributed by atoms with Gasteiger partial charge in [-0.05, 0) is 48.7 Å². The minimum atomic E-state index is -0.127. The molecule has 0 saturated heterocycles. The van der Waals surface area contributed by atoms with Gasteiger partial charge in [-0.1, -0.05) is 55.3 Å². The number of nitrogens with one attached hydrogen (secondary N) is 1. The highest BCUT2D eigenvalue weighted by Crippen LogP contribution is 2.20. The molecule has 0 radical (unpaired) electrons. The van der Waals surface area contributed by atoms with E-state index in [0.29, 0.717) is 12.5 Å². The minimum Gasteiger partial charge on any atom is -0.310 e. The average Bonchev–Trinajstić information content (AvgIpc) is 2.49. The normalized spacial score (nSPS) is 12.3. The van der Waals surface area contributed by atoms with Crippen molar-refractivity contribution in [3.63, 3.8) is 0 Å². The highest BCUT2D eigenvalue weighted by molar-refractivity contribution is 6.30. The fraction of sp³-hybridized carbons (Fsp3) is 0.333. The van der Waals surface area contributed by atoms with Gasteiger partial charge < -0.3 is 5.32 Å². The van der Waals surface area contributed by atoms with Gasteiger partial charge in [0.1, 0.15) is 5.82 Å². The second kappa shape index (κ2) is 8.16. The molecule has 1 atom stereocenters. The molecule has 2 rings (SSSR count). The van der Waals surface area contributed by atoms with E-state index in [2.05, 4.69) is 24.4 Å². The molecule has 0 bridgehead atoms. The van der Waals surface area contributed by atoms with Crippen molar-refractivity contribution in [1.82, 2.24) is 5.32 Å². The summed E-state index contributed by atoms with van der Waals surface area (Å²) in [4.78, 5) is 0. The molecule has 2 aromatic rings. The summed E-state index contributed by atoms with van der Waals surface area (Å²) in [5, 5.41) is 4.27. The van der Waals surface area contributed by atoms with E-state index in [1.807, 2.05) is 24.3 Å². The third-order valence-corrected chi connectivity index (χ3v) is 3.84. The van der Waals surface area contributed by atoms with Crippen LogP contribution in [0.1, 0.15) is 36.9 Å². The molecule has 0 aliphatic carbocycles. The maximum absolute atomic E-state index is 13.6. The molecule has 0 amide bonds. The van der Waals surface area contributed by atoms with Crippen LogP contribution in [0.4, 0.5) is 4.39 Å². The smallest absolute Gasteiger partial charge is 0.126 e. The van der Waals surface area contributed by atoms with Crippen molar-refractivity contribution in [3.05, 3.63) is 70.5 Å². The molecule has 0 heterocycles. The summed E-state index contributed by atoms with van der Waals surface area (Å²) < 4.78 is 13.6. The summed E-state index contributed by atoms with van der Waals surface area (Å²) in [5.41, 5.74) is 1.99. The Labute approximate surface area is 131 Å². The number of hydrogen-bond acceptors (Lipinski definition) is 1. The van der Waals surface area contributed by atoms with Crippen LogP contribution >= 0.6 is 11.6 Å². The van der Waals surface area contributed by atoms with Gasteiger partial charge in [-0.15, -0.1) is 0 Å². The fourth-order valence-electron chi connectivity index (χ4n) is 2.45. The molecule has 0 spiro atoms. The van der Waals surface area contributed by atoms with Crippen molar-refractivity contribution >= 4 is 11.6 Å².